The molecule has 130 valence electrons. The lowest BCUT2D eigenvalue weighted by Gasteiger charge is -2.07. The second-order valence-electron chi connectivity index (χ2n) is 6.39. The van der Waals surface area contributed by atoms with Crippen LogP contribution in [0.5, 0.6) is 0 Å². The predicted octanol–water partition coefficient (Wildman–Crippen LogP) is 3.49. The molecule has 2 aromatic heterocycles. The Morgan fingerprint density at radius 2 is 1.81 bits per heavy atom. The fourth-order valence-corrected chi connectivity index (χ4v) is 3.39. The lowest BCUT2D eigenvalue weighted by Crippen LogP contribution is -2.15. The largest absolute Gasteiger partial charge is 0.321 e. The van der Waals surface area contributed by atoms with Crippen LogP contribution in [-0.2, 0) is 6.42 Å². The Labute approximate surface area is 155 Å². The fraction of sp³-hybridized carbons (Fsp3) is 0.0476. The van der Waals surface area contributed by atoms with Crippen molar-refractivity contribution in [1.82, 2.24) is 20.0 Å². The standard InChI is InChI=1S/C21H15N5O/c27-21(19-8-9-20(25-24-19)26-11-3-10-22-26)23-16-6-7-18-15(13-16)12-14-4-1-2-5-17(14)18/h1-11,13H,12H2,(H,23,27). The molecule has 6 heteroatoms. The summed E-state index contributed by atoms with van der Waals surface area (Å²) in [4.78, 5) is 12.5. The van der Waals surface area contributed by atoms with Gasteiger partial charge in [-0.3, -0.25) is 4.79 Å². The first-order valence-corrected chi connectivity index (χ1v) is 8.64. The molecule has 4 aromatic rings. The van der Waals surface area contributed by atoms with Gasteiger partial charge in [0.2, 0.25) is 0 Å². The maximum Gasteiger partial charge on any atom is 0.276 e. The average Bonchev–Trinajstić information content (AvgIpc) is 3.35. The number of hydrogen-bond donors (Lipinski definition) is 1. The number of amides is 1. The lowest BCUT2D eigenvalue weighted by molar-refractivity contribution is 0.102. The predicted molar refractivity (Wildman–Crippen MR) is 102 cm³/mol. The van der Waals surface area contributed by atoms with E-state index in [-0.39, 0.29) is 11.6 Å². The third kappa shape index (κ3) is 2.77. The van der Waals surface area contributed by atoms with Gasteiger partial charge in [-0.1, -0.05) is 30.3 Å². The van der Waals surface area contributed by atoms with E-state index in [0.29, 0.717) is 5.82 Å². The lowest BCUT2D eigenvalue weighted by atomic mass is 10.1. The molecule has 0 aliphatic heterocycles. The van der Waals surface area contributed by atoms with Crippen molar-refractivity contribution in [3.63, 3.8) is 0 Å². The summed E-state index contributed by atoms with van der Waals surface area (Å²) >= 11 is 0. The number of benzene rings is 2. The van der Waals surface area contributed by atoms with Gasteiger partial charge >= 0.3 is 0 Å². The van der Waals surface area contributed by atoms with Crippen molar-refractivity contribution < 1.29 is 4.79 Å². The first kappa shape index (κ1) is 15.5. The number of rotatable bonds is 3. The van der Waals surface area contributed by atoms with E-state index in [1.165, 1.54) is 22.3 Å². The zero-order valence-corrected chi connectivity index (χ0v) is 14.3. The van der Waals surface area contributed by atoms with E-state index in [4.69, 9.17) is 0 Å². The van der Waals surface area contributed by atoms with Gasteiger partial charge in [0.15, 0.2) is 11.5 Å². The Hall–Kier alpha value is -3.80. The number of anilines is 1. The van der Waals surface area contributed by atoms with E-state index in [0.717, 1.165) is 12.1 Å². The molecule has 0 fully saturated rings. The van der Waals surface area contributed by atoms with Gasteiger partial charge in [-0.25, -0.2) is 4.68 Å². The van der Waals surface area contributed by atoms with Crippen molar-refractivity contribution in [1.29, 1.82) is 0 Å². The summed E-state index contributed by atoms with van der Waals surface area (Å²) in [5.41, 5.74) is 6.04. The molecule has 2 heterocycles. The van der Waals surface area contributed by atoms with Crippen LogP contribution in [-0.4, -0.2) is 25.9 Å². The molecule has 0 radical (unpaired) electrons. The first-order valence-electron chi connectivity index (χ1n) is 8.64. The zero-order chi connectivity index (χ0) is 18.2. The van der Waals surface area contributed by atoms with Crippen LogP contribution in [0.1, 0.15) is 21.6 Å². The van der Waals surface area contributed by atoms with Crippen LogP contribution in [0, 0.1) is 0 Å². The van der Waals surface area contributed by atoms with Crippen LogP contribution in [0.25, 0.3) is 16.9 Å². The number of carbonyl (C=O) groups is 1. The molecule has 27 heavy (non-hydrogen) atoms. The second-order valence-corrected chi connectivity index (χ2v) is 6.39. The molecular formula is C21H15N5O. The minimum absolute atomic E-state index is 0.259. The minimum Gasteiger partial charge on any atom is -0.321 e. The first-order chi connectivity index (χ1) is 13.3. The maximum absolute atomic E-state index is 12.5. The van der Waals surface area contributed by atoms with Crippen molar-refractivity contribution in [2.24, 2.45) is 0 Å². The molecule has 1 aliphatic carbocycles. The Bertz CT molecular complexity index is 1130. The van der Waals surface area contributed by atoms with E-state index in [2.05, 4.69) is 50.9 Å². The Morgan fingerprint density at radius 3 is 2.63 bits per heavy atom. The van der Waals surface area contributed by atoms with Gasteiger partial charge in [-0.15, -0.1) is 10.2 Å². The SMILES string of the molecule is O=C(Nc1ccc2c(c1)Cc1ccccc1-2)c1ccc(-n2cccn2)nn1. The van der Waals surface area contributed by atoms with Gasteiger partial charge in [0.05, 0.1) is 0 Å². The molecule has 0 unspecified atom stereocenters. The van der Waals surface area contributed by atoms with Crippen LogP contribution < -0.4 is 5.32 Å². The third-order valence-electron chi connectivity index (χ3n) is 4.67. The molecule has 6 nitrogen and oxygen atoms in total. The Morgan fingerprint density at radius 1 is 0.926 bits per heavy atom. The topological polar surface area (TPSA) is 72.7 Å². The quantitative estimate of drug-likeness (QED) is 0.539. The average molecular weight is 353 g/mol. The van der Waals surface area contributed by atoms with Gasteiger partial charge < -0.3 is 5.32 Å². The van der Waals surface area contributed by atoms with E-state index >= 15 is 0 Å². The molecular weight excluding hydrogens is 338 g/mol. The number of fused-ring (bicyclic) bond motifs is 3. The van der Waals surface area contributed by atoms with Crippen molar-refractivity contribution in [3.05, 3.63) is 89.9 Å². The van der Waals surface area contributed by atoms with Gasteiger partial charge in [-0.2, -0.15) is 5.10 Å². The highest BCUT2D eigenvalue weighted by Crippen LogP contribution is 2.37. The van der Waals surface area contributed by atoms with Gasteiger partial charge in [-0.05, 0) is 59.0 Å². The van der Waals surface area contributed by atoms with E-state index < -0.39 is 0 Å². The Kier molecular flexibility index (Phi) is 3.53. The maximum atomic E-state index is 12.5. The summed E-state index contributed by atoms with van der Waals surface area (Å²) in [7, 11) is 0. The molecule has 0 bridgehead atoms. The fourth-order valence-electron chi connectivity index (χ4n) is 3.39. The van der Waals surface area contributed by atoms with Crippen molar-refractivity contribution >= 4 is 11.6 Å². The smallest absolute Gasteiger partial charge is 0.276 e. The molecule has 1 N–H and O–H groups in total. The zero-order valence-electron chi connectivity index (χ0n) is 14.3. The van der Waals surface area contributed by atoms with Gasteiger partial charge in [0, 0.05) is 18.1 Å². The molecule has 0 saturated heterocycles. The normalized spacial score (nSPS) is 11.7. The summed E-state index contributed by atoms with van der Waals surface area (Å²) in [6.45, 7) is 0. The highest BCUT2D eigenvalue weighted by atomic mass is 16.1. The summed E-state index contributed by atoms with van der Waals surface area (Å²) in [6.07, 6.45) is 4.31. The molecule has 0 spiro atoms. The van der Waals surface area contributed by atoms with Gasteiger partial charge in [0.25, 0.3) is 5.91 Å². The summed E-state index contributed by atoms with van der Waals surface area (Å²) in [5.74, 6) is 0.275. The van der Waals surface area contributed by atoms with Crippen LogP contribution in [0.3, 0.4) is 0 Å². The molecule has 0 atom stereocenters. The van der Waals surface area contributed by atoms with E-state index in [1.807, 2.05) is 12.1 Å². The summed E-state index contributed by atoms with van der Waals surface area (Å²) in [5, 5.41) is 15.1. The number of nitrogens with zero attached hydrogens (tertiary/aromatic N) is 4. The van der Waals surface area contributed by atoms with Crippen molar-refractivity contribution in [3.8, 4) is 16.9 Å². The molecule has 1 amide bonds. The Balaban J connectivity index is 1.35. The van der Waals surface area contributed by atoms with Crippen LogP contribution in [0.4, 0.5) is 5.69 Å². The van der Waals surface area contributed by atoms with Crippen molar-refractivity contribution in [2.45, 2.75) is 6.42 Å². The minimum atomic E-state index is -0.287. The second kappa shape index (κ2) is 6.17. The summed E-state index contributed by atoms with van der Waals surface area (Å²) in [6, 6.07) is 19.5. The highest BCUT2D eigenvalue weighted by Gasteiger charge is 2.18. The third-order valence-corrected chi connectivity index (χ3v) is 4.67. The summed E-state index contributed by atoms with van der Waals surface area (Å²) < 4.78 is 1.59. The van der Waals surface area contributed by atoms with Gasteiger partial charge in [0.1, 0.15) is 0 Å². The van der Waals surface area contributed by atoms with Crippen LogP contribution in [0.15, 0.2) is 73.1 Å². The van der Waals surface area contributed by atoms with Crippen LogP contribution in [0.2, 0.25) is 0 Å². The van der Waals surface area contributed by atoms with Crippen LogP contribution >= 0.6 is 0 Å². The number of aromatic nitrogens is 4. The molecule has 2 aromatic carbocycles. The number of hydrogen-bond acceptors (Lipinski definition) is 4. The molecule has 1 aliphatic rings. The number of nitrogens with one attached hydrogen (secondary N) is 1. The van der Waals surface area contributed by atoms with E-state index in [1.54, 1.807) is 35.3 Å². The molecule has 5 rings (SSSR count). The highest BCUT2D eigenvalue weighted by molar-refractivity contribution is 6.03. The van der Waals surface area contributed by atoms with E-state index in [9.17, 15) is 4.79 Å². The van der Waals surface area contributed by atoms with Crippen molar-refractivity contribution in [2.75, 3.05) is 5.32 Å². The monoisotopic (exact) mass is 353 g/mol. The number of carbonyl (C=O) groups excluding carboxylic acids is 1. The molecule has 0 saturated carbocycles.